The normalized spacial score (nSPS) is 15.9. The lowest BCUT2D eigenvalue weighted by atomic mass is 10.3. The molecule has 1 fully saturated rings. The summed E-state index contributed by atoms with van der Waals surface area (Å²) in [5.74, 6) is 0.424. The van der Waals surface area contributed by atoms with Gasteiger partial charge in [0, 0.05) is 18.8 Å². The van der Waals surface area contributed by atoms with Gasteiger partial charge in [0.05, 0.1) is 16.4 Å². The lowest BCUT2D eigenvalue weighted by Gasteiger charge is -2.16. The van der Waals surface area contributed by atoms with E-state index >= 15 is 0 Å². The minimum atomic E-state index is -3.48. The zero-order valence-corrected chi connectivity index (χ0v) is 17.8. The maximum Gasteiger partial charge on any atom is 0.284 e. The minimum Gasteiger partial charge on any atom is -0.459 e. The fraction of sp³-hybridized carbons (Fsp3) is 0.316. The highest BCUT2D eigenvalue weighted by Gasteiger charge is 2.27. The molecule has 2 aromatic heterocycles. The van der Waals surface area contributed by atoms with E-state index in [-0.39, 0.29) is 21.9 Å². The predicted octanol–water partition coefficient (Wildman–Crippen LogP) is 3.23. The number of hydrogen-bond donors (Lipinski definition) is 1. The van der Waals surface area contributed by atoms with Gasteiger partial charge in [-0.05, 0) is 56.2 Å². The van der Waals surface area contributed by atoms with Crippen LogP contribution in [0.3, 0.4) is 0 Å². The van der Waals surface area contributed by atoms with Crippen molar-refractivity contribution in [2.24, 2.45) is 0 Å². The van der Waals surface area contributed by atoms with Crippen molar-refractivity contribution >= 4 is 33.4 Å². The average Bonchev–Trinajstić information content (AvgIpc) is 3.49. The number of carbonyl (C=O) groups excluding carboxylic acids is 1. The number of nitrogens with one attached hydrogen (secondary N) is 1. The van der Waals surface area contributed by atoms with E-state index in [4.69, 9.17) is 8.83 Å². The number of aromatic nitrogens is 2. The van der Waals surface area contributed by atoms with Crippen LogP contribution in [0.1, 0.15) is 19.8 Å². The van der Waals surface area contributed by atoms with Crippen LogP contribution < -0.4 is 5.32 Å². The Hall–Kier alpha value is -2.63. The van der Waals surface area contributed by atoms with E-state index in [1.807, 2.05) is 0 Å². The van der Waals surface area contributed by atoms with Crippen molar-refractivity contribution < 1.29 is 22.0 Å². The molecule has 1 aromatic carbocycles. The van der Waals surface area contributed by atoms with Crippen LogP contribution in [0.25, 0.3) is 11.7 Å². The number of carbonyl (C=O) groups is 1. The number of sulfonamides is 1. The summed E-state index contributed by atoms with van der Waals surface area (Å²) in [4.78, 5) is 12.7. The van der Waals surface area contributed by atoms with Gasteiger partial charge in [0.15, 0.2) is 5.76 Å². The van der Waals surface area contributed by atoms with Crippen molar-refractivity contribution in [3.8, 4) is 11.7 Å². The summed E-state index contributed by atoms with van der Waals surface area (Å²) >= 11 is 1.12. The molecule has 0 radical (unpaired) electrons. The van der Waals surface area contributed by atoms with Gasteiger partial charge in [-0.15, -0.1) is 10.2 Å². The van der Waals surface area contributed by atoms with Crippen molar-refractivity contribution in [3.05, 3.63) is 42.7 Å². The SMILES string of the molecule is C[C@@H](Sc1nnc(-c2ccco2)o1)C(=O)Nc1ccc(S(=O)(=O)N2CCCC2)cc1. The first-order chi connectivity index (χ1) is 14.4. The van der Waals surface area contributed by atoms with Gasteiger partial charge in [-0.25, -0.2) is 8.42 Å². The third-order valence-electron chi connectivity index (χ3n) is 4.61. The zero-order valence-electron chi connectivity index (χ0n) is 16.1. The van der Waals surface area contributed by atoms with Gasteiger partial charge in [0.1, 0.15) is 0 Å². The molecule has 4 rings (SSSR count). The van der Waals surface area contributed by atoms with E-state index in [0.717, 1.165) is 24.6 Å². The van der Waals surface area contributed by atoms with E-state index in [1.165, 1.54) is 22.7 Å². The van der Waals surface area contributed by atoms with Gasteiger partial charge >= 0.3 is 0 Å². The van der Waals surface area contributed by atoms with Crippen molar-refractivity contribution in [3.63, 3.8) is 0 Å². The molecular formula is C19H20N4O5S2. The lowest BCUT2D eigenvalue weighted by molar-refractivity contribution is -0.115. The summed E-state index contributed by atoms with van der Waals surface area (Å²) in [6, 6.07) is 9.60. The molecule has 0 spiro atoms. The minimum absolute atomic E-state index is 0.223. The number of thioether (sulfide) groups is 1. The van der Waals surface area contributed by atoms with Crippen LogP contribution in [0.15, 0.2) is 61.6 Å². The highest BCUT2D eigenvalue weighted by molar-refractivity contribution is 8.00. The van der Waals surface area contributed by atoms with E-state index in [9.17, 15) is 13.2 Å². The first-order valence-corrected chi connectivity index (χ1v) is 11.7. The summed E-state index contributed by atoms with van der Waals surface area (Å²) in [5.41, 5.74) is 0.509. The van der Waals surface area contributed by atoms with E-state index in [2.05, 4.69) is 15.5 Å². The Kier molecular flexibility index (Phi) is 5.93. The van der Waals surface area contributed by atoms with Crippen LogP contribution in [0, 0.1) is 0 Å². The Morgan fingerprint density at radius 1 is 1.17 bits per heavy atom. The Labute approximate surface area is 177 Å². The molecule has 0 bridgehead atoms. The maximum absolute atomic E-state index is 12.6. The molecule has 0 saturated carbocycles. The Balaban J connectivity index is 1.36. The monoisotopic (exact) mass is 448 g/mol. The topological polar surface area (TPSA) is 119 Å². The fourth-order valence-corrected chi connectivity index (χ4v) is 5.19. The van der Waals surface area contributed by atoms with E-state index in [0.29, 0.717) is 24.5 Å². The second-order valence-corrected chi connectivity index (χ2v) is 9.97. The maximum atomic E-state index is 12.6. The predicted molar refractivity (Wildman–Crippen MR) is 110 cm³/mol. The van der Waals surface area contributed by atoms with Crippen molar-refractivity contribution in [2.75, 3.05) is 18.4 Å². The Morgan fingerprint density at radius 3 is 2.57 bits per heavy atom. The van der Waals surface area contributed by atoms with Crippen LogP contribution in [-0.2, 0) is 14.8 Å². The standard InChI is InChI=1S/C19H20N4O5S2/c1-13(29-19-22-21-18(28-19)16-5-4-12-27-16)17(24)20-14-6-8-15(9-7-14)30(25,26)23-10-2-3-11-23/h4-9,12-13H,2-3,10-11H2,1H3,(H,20,24)/t13-/m1/s1. The first-order valence-electron chi connectivity index (χ1n) is 9.38. The number of rotatable bonds is 7. The molecule has 0 unspecified atom stereocenters. The summed E-state index contributed by atoms with van der Waals surface area (Å²) < 4.78 is 37.3. The molecular weight excluding hydrogens is 428 g/mol. The molecule has 1 aliphatic rings. The number of hydrogen-bond acceptors (Lipinski definition) is 8. The van der Waals surface area contributed by atoms with Crippen LogP contribution in [-0.4, -0.2) is 47.2 Å². The third-order valence-corrected chi connectivity index (χ3v) is 7.46. The molecule has 3 aromatic rings. The highest BCUT2D eigenvalue weighted by atomic mass is 32.2. The van der Waals surface area contributed by atoms with Crippen LogP contribution in [0.4, 0.5) is 5.69 Å². The number of amides is 1. The smallest absolute Gasteiger partial charge is 0.284 e. The Morgan fingerprint density at radius 2 is 1.90 bits per heavy atom. The molecule has 1 atom stereocenters. The zero-order chi connectivity index (χ0) is 21.1. The van der Waals surface area contributed by atoms with Crippen molar-refractivity contribution in [2.45, 2.75) is 35.1 Å². The van der Waals surface area contributed by atoms with Gasteiger partial charge in [-0.2, -0.15) is 4.31 Å². The molecule has 1 amide bonds. The van der Waals surface area contributed by atoms with Gasteiger partial charge in [-0.3, -0.25) is 4.79 Å². The first kappa shape index (κ1) is 20.6. The van der Waals surface area contributed by atoms with Crippen LogP contribution >= 0.6 is 11.8 Å². The largest absolute Gasteiger partial charge is 0.459 e. The highest BCUT2D eigenvalue weighted by Crippen LogP contribution is 2.27. The number of anilines is 1. The quantitative estimate of drug-likeness (QED) is 0.547. The average molecular weight is 449 g/mol. The van der Waals surface area contributed by atoms with Crippen LogP contribution in [0.2, 0.25) is 0 Å². The molecule has 0 aliphatic carbocycles. The molecule has 1 aliphatic heterocycles. The second-order valence-electron chi connectivity index (χ2n) is 6.74. The van der Waals surface area contributed by atoms with Gasteiger partial charge in [0.25, 0.3) is 11.1 Å². The number of nitrogens with zero attached hydrogens (tertiary/aromatic N) is 3. The summed E-state index contributed by atoms with van der Waals surface area (Å²) in [7, 11) is -3.48. The van der Waals surface area contributed by atoms with Crippen molar-refractivity contribution in [1.29, 1.82) is 0 Å². The molecule has 1 N–H and O–H groups in total. The molecule has 9 nitrogen and oxygen atoms in total. The van der Waals surface area contributed by atoms with Gasteiger partial charge in [0.2, 0.25) is 15.9 Å². The van der Waals surface area contributed by atoms with Crippen molar-refractivity contribution in [1.82, 2.24) is 14.5 Å². The number of benzene rings is 1. The third kappa shape index (κ3) is 4.42. The molecule has 11 heteroatoms. The molecule has 1 saturated heterocycles. The number of furan rings is 1. The summed E-state index contributed by atoms with van der Waals surface area (Å²) in [5, 5.41) is 10.3. The molecule has 30 heavy (non-hydrogen) atoms. The molecule has 3 heterocycles. The van der Waals surface area contributed by atoms with E-state index < -0.39 is 15.3 Å². The molecule has 158 valence electrons. The van der Waals surface area contributed by atoms with Gasteiger partial charge in [-0.1, -0.05) is 11.8 Å². The lowest BCUT2D eigenvalue weighted by Crippen LogP contribution is -2.27. The van der Waals surface area contributed by atoms with Crippen LogP contribution in [0.5, 0.6) is 0 Å². The van der Waals surface area contributed by atoms with E-state index in [1.54, 1.807) is 31.2 Å². The Bertz CT molecular complexity index is 1100. The summed E-state index contributed by atoms with van der Waals surface area (Å²) in [6.07, 6.45) is 3.27. The fourth-order valence-electron chi connectivity index (χ4n) is 2.99. The summed E-state index contributed by atoms with van der Waals surface area (Å²) in [6.45, 7) is 2.81. The second kappa shape index (κ2) is 8.62. The van der Waals surface area contributed by atoms with Gasteiger partial charge < -0.3 is 14.2 Å².